The van der Waals surface area contributed by atoms with Gasteiger partial charge < -0.3 is 5.32 Å². The molecule has 0 saturated carbocycles. The van der Waals surface area contributed by atoms with E-state index in [1.807, 2.05) is 0 Å². The Morgan fingerprint density at radius 2 is 1.67 bits per heavy atom. The lowest BCUT2D eigenvalue weighted by atomic mass is 9.82. The lowest BCUT2D eigenvalue weighted by Crippen LogP contribution is -2.43. The Balaban J connectivity index is 2.03. The average molecular weight is 171 g/mol. The summed E-state index contributed by atoms with van der Waals surface area (Å²) in [5.74, 6) is 0.288. The molecular weight excluding hydrogens is 153 g/mol. The van der Waals surface area contributed by atoms with E-state index in [-0.39, 0.29) is 5.92 Å². The molecule has 12 heavy (non-hydrogen) atoms. The molecule has 70 valence electrons. The lowest BCUT2D eigenvalue weighted by Gasteiger charge is -2.35. The van der Waals surface area contributed by atoms with Crippen LogP contribution < -0.4 is 5.32 Å². The van der Waals surface area contributed by atoms with Crippen molar-refractivity contribution in [2.75, 3.05) is 0 Å². The van der Waals surface area contributed by atoms with Gasteiger partial charge >= 0.3 is 0 Å². The van der Waals surface area contributed by atoms with Crippen LogP contribution in [0, 0.1) is 5.92 Å². The molecule has 2 saturated heterocycles. The van der Waals surface area contributed by atoms with Crippen molar-refractivity contribution in [3.8, 4) is 0 Å². The number of piperidine rings is 1. The zero-order chi connectivity index (χ0) is 8.77. The Morgan fingerprint density at radius 1 is 1.17 bits per heavy atom. The largest absolute Gasteiger partial charge is 0.311 e. The van der Waals surface area contributed by atoms with Gasteiger partial charge in [-0.15, -0.1) is 0 Å². The normalized spacial score (nSPS) is 41.8. The standard InChI is InChI=1S/C10H18FN/c1-10(2,11)7-5-8-3-4-9(6-7)12-8/h7-9,12H,3-6H2,1-2H3. The minimum atomic E-state index is -0.969. The zero-order valence-electron chi connectivity index (χ0n) is 7.94. The Labute approximate surface area is 73.7 Å². The fourth-order valence-electron chi connectivity index (χ4n) is 2.62. The van der Waals surface area contributed by atoms with Crippen LogP contribution in [-0.4, -0.2) is 17.8 Å². The minimum Gasteiger partial charge on any atom is -0.311 e. The molecule has 2 unspecified atom stereocenters. The van der Waals surface area contributed by atoms with Crippen LogP contribution in [0.5, 0.6) is 0 Å². The highest BCUT2D eigenvalue weighted by Crippen LogP contribution is 2.38. The maximum Gasteiger partial charge on any atom is 0.108 e. The highest BCUT2D eigenvalue weighted by Gasteiger charge is 2.40. The Hall–Kier alpha value is -0.110. The molecule has 2 aliphatic rings. The van der Waals surface area contributed by atoms with E-state index in [9.17, 15) is 4.39 Å². The third kappa shape index (κ3) is 1.49. The van der Waals surface area contributed by atoms with Gasteiger partial charge in [-0.1, -0.05) is 0 Å². The molecule has 2 rings (SSSR count). The molecule has 2 aliphatic heterocycles. The van der Waals surface area contributed by atoms with Crippen LogP contribution in [0.1, 0.15) is 39.5 Å². The summed E-state index contributed by atoms with van der Waals surface area (Å²) in [4.78, 5) is 0. The first-order valence-corrected chi connectivity index (χ1v) is 5.00. The first-order chi connectivity index (χ1) is 5.55. The summed E-state index contributed by atoms with van der Waals surface area (Å²) in [6.07, 6.45) is 4.61. The van der Waals surface area contributed by atoms with E-state index in [4.69, 9.17) is 0 Å². The molecular formula is C10H18FN. The van der Waals surface area contributed by atoms with Crippen LogP contribution in [0.3, 0.4) is 0 Å². The summed E-state index contributed by atoms with van der Waals surface area (Å²) in [5.41, 5.74) is -0.969. The summed E-state index contributed by atoms with van der Waals surface area (Å²) in [5, 5.41) is 3.53. The van der Waals surface area contributed by atoms with Crippen LogP contribution in [0.25, 0.3) is 0 Å². The van der Waals surface area contributed by atoms with Gasteiger partial charge in [0.1, 0.15) is 5.67 Å². The summed E-state index contributed by atoms with van der Waals surface area (Å²) >= 11 is 0. The number of hydrogen-bond acceptors (Lipinski definition) is 1. The molecule has 2 heteroatoms. The van der Waals surface area contributed by atoms with E-state index in [2.05, 4.69) is 5.32 Å². The van der Waals surface area contributed by atoms with Gasteiger partial charge in [-0.25, -0.2) is 4.39 Å². The molecule has 2 bridgehead atoms. The molecule has 0 aromatic carbocycles. The molecule has 0 spiro atoms. The molecule has 0 amide bonds. The van der Waals surface area contributed by atoms with Gasteiger partial charge in [-0.2, -0.15) is 0 Å². The van der Waals surface area contributed by atoms with E-state index in [0.717, 1.165) is 12.8 Å². The van der Waals surface area contributed by atoms with E-state index >= 15 is 0 Å². The summed E-state index contributed by atoms with van der Waals surface area (Å²) in [7, 11) is 0. The average Bonchev–Trinajstić information content (AvgIpc) is 2.28. The van der Waals surface area contributed by atoms with Crippen molar-refractivity contribution in [2.24, 2.45) is 5.92 Å². The number of rotatable bonds is 1. The van der Waals surface area contributed by atoms with Crippen LogP contribution in [0.15, 0.2) is 0 Å². The van der Waals surface area contributed by atoms with Gasteiger partial charge in [-0.3, -0.25) is 0 Å². The van der Waals surface area contributed by atoms with Crippen molar-refractivity contribution < 1.29 is 4.39 Å². The molecule has 1 nitrogen and oxygen atoms in total. The van der Waals surface area contributed by atoms with Crippen molar-refractivity contribution in [1.29, 1.82) is 0 Å². The fraction of sp³-hybridized carbons (Fsp3) is 1.00. The monoisotopic (exact) mass is 171 g/mol. The predicted octanol–water partition coefficient (Wildman–Crippen LogP) is 2.27. The molecule has 0 aromatic heterocycles. The van der Waals surface area contributed by atoms with E-state index in [1.165, 1.54) is 12.8 Å². The van der Waals surface area contributed by atoms with Crippen LogP contribution in [0.2, 0.25) is 0 Å². The summed E-state index contributed by atoms with van der Waals surface area (Å²) in [6.45, 7) is 3.45. The first-order valence-electron chi connectivity index (χ1n) is 5.00. The maximum absolute atomic E-state index is 13.6. The highest BCUT2D eigenvalue weighted by molar-refractivity contribution is 4.96. The first kappa shape index (κ1) is 8.49. The predicted molar refractivity (Wildman–Crippen MR) is 47.9 cm³/mol. The van der Waals surface area contributed by atoms with Gasteiger partial charge in [0.25, 0.3) is 0 Å². The van der Waals surface area contributed by atoms with Gasteiger partial charge in [0.15, 0.2) is 0 Å². The van der Waals surface area contributed by atoms with Crippen molar-refractivity contribution in [3.63, 3.8) is 0 Å². The third-order valence-electron chi connectivity index (χ3n) is 3.44. The second-order valence-corrected chi connectivity index (χ2v) is 4.87. The fourth-order valence-corrected chi connectivity index (χ4v) is 2.62. The zero-order valence-corrected chi connectivity index (χ0v) is 7.94. The number of nitrogens with one attached hydrogen (secondary N) is 1. The SMILES string of the molecule is CC(C)(F)C1CC2CCC(C1)N2. The summed E-state index contributed by atoms with van der Waals surface area (Å²) in [6, 6.07) is 1.23. The number of halogens is 1. The second kappa shape index (κ2) is 2.69. The van der Waals surface area contributed by atoms with Crippen molar-refractivity contribution in [2.45, 2.75) is 57.3 Å². The Morgan fingerprint density at radius 3 is 2.08 bits per heavy atom. The topological polar surface area (TPSA) is 12.0 Å². The Bertz CT molecular complexity index is 161. The second-order valence-electron chi connectivity index (χ2n) is 4.87. The molecule has 0 aromatic rings. The van der Waals surface area contributed by atoms with Gasteiger partial charge in [0, 0.05) is 12.1 Å². The van der Waals surface area contributed by atoms with E-state index in [0.29, 0.717) is 12.1 Å². The number of alkyl halides is 1. The molecule has 2 heterocycles. The Kier molecular flexibility index (Phi) is 1.90. The lowest BCUT2D eigenvalue weighted by molar-refractivity contribution is 0.0834. The smallest absolute Gasteiger partial charge is 0.108 e. The number of hydrogen-bond donors (Lipinski definition) is 1. The van der Waals surface area contributed by atoms with Crippen molar-refractivity contribution in [1.82, 2.24) is 5.32 Å². The van der Waals surface area contributed by atoms with Crippen LogP contribution in [-0.2, 0) is 0 Å². The highest BCUT2D eigenvalue weighted by atomic mass is 19.1. The quantitative estimate of drug-likeness (QED) is 0.638. The van der Waals surface area contributed by atoms with Gasteiger partial charge in [0.05, 0.1) is 0 Å². The van der Waals surface area contributed by atoms with E-state index < -0.39 is 5.67 Å². The summed E-state index contributed by atoms with van der Waals surface area (Å²) < 4.78 is 13.6. The molecule has 2 fully saturated rings. The molecule has 0 aliphatic carbocycles. The minimum absolute atomic E-state index is 0.288. The maximum atomic E-state index is 13.6. The molecule has 2 atom stereocenters. The third-order valence-corrected chi connectivity index (χ3v) is 3.44. The van der Waals surface area contributed by atoms with Crippen LogP contribution >= 0.6 is 0 Å². The van der Waals surface area contributed by atoms with Crippen LogP contribution in [0.4, 0.5) is 4.39 Å². The van der Waals surface area contributed by atoms with Gasteiger partial charge in [0.2, 0.25) is 0 Å². The molecule has 0 radical (unpaired) electrons. The number of fused-ring (bicyclic) bond motifs is 2. The van der Waals surface area contributed by atoms with Crippen molar-refractivity contribution in [3.05, 3.63) is 0 Å². The van der Waals surface area contributed by atoms with Gasteiger partial charge in [-0.05, 0) is 45.4 Å². The van der Waals surface area contributed by atoms with Crippen molar-refractivity contribution >= 4 is 0 Å². The molecule has 1 N–H and O–H groups in total. The van der Waals surface area contributed by atoms with E-state index in [1.54, 1.807) is 13.8 Å².